The summed E-state index contributed by atoms with van der Waals surface area (Å²) in [6.07, 6.45) is 12.6. The van der Waals surface area contributed by atoms with Crippen LogP contribution in [-0.4, -0.2) is 139 Å². The van der Waals surface area contributed by atoms with Crippen LogP contribution in [0.5, 0.6) is 5.75 Å². The second-order valence-corrected chi connectivity index (χ2v) is 20.3. The van der Waals surface area contributed by atoms with E-state index in [1.807, 2.05) is 51.4 Å². The van der Waals surface area contributed by atoms with E-state index in [1.54, 1.807) is 17.0 Å². The largest absolute Gasteiger partial charge is 0.507 e. The zero-order chi connectivity index (χ0) is 48.7. The van der Waals surface area contributed by atoms with Gasteiger partial charge in [-0.2, -0.15) is 0 Å². The highest BCUT2D eigenvalue weighted by Gasteiger charge is 2.46. The monoisotopic (exact) mass is 945 g/mol. The van der Waals surface area contributed by atoms with Gasteiger partial charge in [-0.05, 0) is 99.3 Å². The molecule has 5 N–H and O–H groups in total. The van der Waals surface area contributed by atoms with Crippen molar-refractivity contribution >= 4 is 29.6 Å². The van der Waals surface area contributed by atoms with Crippen molar-refractivity contribution in [2.45, 2.75) is 121 Å². The first-order valence-electron chi connectivity index (χ1n) is 24.1. The fourth-order valence-electron chi connectivity index (χ4n) is 11.1. The highest BCUT2D eigenvalue weighted by Crippen LogP contribution is 2.45. The number of phenols is 1. The molecule has 4 saturated heterocycles. The second kappa shape index (κ2) is 19.5. The number of nitrogens with one attached hydrogen (secondary N) is 3. The zero-order valence-corrected chi connectivity index (χ0v) is 39.5. The van der Waals surface area contributed by atoms with Crippen LogP contribution in [0.2, 0.25) is 0 Å². The molecule has 4 fully saturated rings. The Kier molecular flexibility index (Phi) is 13.5. The molecule has 4 aromatic rings. The van der Waals surface area contributed by atoms with Crippen LogP contribution < -0.4 is 20.9 Å². The number of hydrogen-bond donors (Lipinski definition) is 5. The number of nitrogens with zero attached hydrogens (tertiary/aromatic N) is 8. The number of benzene rings is 2. The molecule has 4 amide bonds. The van der Waals surface area contributed by atoms with E-state index in [-0.39, 0.29) is 60.4 Å². The van der Waals surface area contributed by atoms with Crippen molar-refractivity contribution in [3.63, 3.8) is 0 Å². The number of carbonyl (C=O) groups excluding carboxylic acids is 3. The number of phenolic OH excluding ortho intramolecular Hbond substituents is 1. The average molecular weight is 946 g/mol. The Morgan fingerprint density at radius 2 is 1.68 bits per heavy atom. The molecular weight excluding hydrogens is 885 g/mol. The number of aromatic nitrogens is 4. The van der Waals surface area contributed by atoms with E-state index in [2.05, 4.69) is 48.8 Å². The number of likely N-dealkylation sites (tertiary alicyclic amines) is 3. The van der Waals surface area contributed by atoms with Gasteiger partial charge in [0.1, 0.15) is 29.5 Å². The molecule has 0 radical (unpaired) electrons. The highest BCUT2D eigenvalue weighted by molar-refractivity contribution is 5.93. The molecule has 2 aromatic heterocycles. The lowest BCUT2D eigenvalue weighted by Gasteiger charge is -2.42. The maximum atomic E-state index is 14.6. The molecule has 5 aliphatic heterocycles. The Morgan fingerprint density at radius 3 is 2.38 bits per heavy atom. The second-order valence-electron chi connectivity index (χ2n) is 20.3. The summed E-state index contributed by atoms with van der Waals surface area (Å²) in [6, 6.07) is 9.23. The van der Waals surface area contributed by atoms with Crippen LogP contribution >= 0.6 is 0 Å². The standard InChI is InChI=1S/C51H61F2N11O5/c1-6-30-21-39(53)32(22-38(30)52)25-54-47(67)42-23-35(65)28-64(42)48(68)45(51(3,4)5)58-50(69)62-18-13-34(14-19-62)61-16-11-31(12-17-61)33-26-55-49(56-27-33)63-20-15-40-44(29(63)2)37-24-41(59-60-46(37)57-40)36-9-7-8-10-43(36)66/h1,7-10,21-22,24,26-27,29,31,34-35,40,42,44-45,65-66H,11-20,23,25,28H2,2-5H3,(H,54,67)(H,57,60)(H,58,69)/t29-,35-,40?,42+,44?,45-/m1/s1. The van der Waals surface area contributed by atoms with E-state index in [9.17, 15) is 33.4 Å². The van der Waals surface area contributed by atoms with Gasteiger partial charge in [0.15, 0.2) is 5.82 Å². The number of halogens is 2. The van der Waals surface area contributed by atoms with E-state index in [0.717, 1.165) is 80.8 Å². The number of carbonyl (C=O) groups is 3. The molecule has 2 aromatic carbocycles. The third-order valence-electron chi connectivity index (χ3n) is 15.0. The molecule has 69 heavy (non-hydrogen) atoms. The minimum atomic E-state index is -1.08. The lowest BCUT2D eigenvalue weighted by atomic mass is 9.83. The smallest absolute Gasteiger partial charge is 0.318 e. The van der Waals surface area contributed by atoms with Crippen LogP contribution in [0.15, 0.2) is 54.9 Å². The molecular formula is C51H61F2N11O5. The lowest BCUT2D eigenvalue weighted by Crippen LogP contribution is -2.60. The topological polar surface area (TPSA) is 192 Å². The Balaban J connectivity index is 0.754. The number of fused-ring (bicyclic) bond motifs is 3. The van der Waals surface area contributed by atoms with Crippen molar-refractivity contribution in [3.05, 3.63) is 88.7 Å². The molecule has 18 heteroatoms. The molecule has 9 rings (SSSR count). The molecule has 6 atom stereocenters. The quantitative estimate of drug-likeness (QED) is 0.140. The van der Waals surface area contributed by atoms with Gasteiger partial charge in [0.2, 0.25) is 17.8 Å². The fraction of sp³-hybridized carbons (Fsp3) is 0.510. The predicted molar refractivity (Wildman–Crippen MR) is 255 cm³/mol. The van der Waals surface area contributed by atoms with Crippen LogP contribution in [0.25, 0.3) is 11.3 Å². The minimum absolute atomic E-state index is 0.0458. The maximum absolute atomic E-state index is 14.6. The number of piperidine rings is 3. The maximum Gasteiger partial charge on any atom is 0.318 e. The van der Waals surface area contributed by atoms with Gasteiger partial charge in [0.25, 0.3) is 0 Å². The van der Waals surface area contributed by atoms with Gasteiger partial charge in [-0.3, -0.25) is 9.59 Å². The molecule has 364 valence electrons. The summed E-state index contributed by atoms with van der Waals surface area (Å²) in [4.78, 5) is 59.0. The van der Waals surface area contributed by atoms with Crippen molar-refractivity contribution in [1.82, 2.24) is 45.5 Å². The van der Waals surface area contributed by atoms with E-state index >= 15 is 0 Å². The summed E-state index contributed by atoms with van der Waals surface area (Å²) in [6.45, 7) is 10.9. The summed E-state index contributed by atoms with van der Waals surface area (Å²) in [5.74, 6) is 1.53. The summed E-state index contributed by atoms with van der Waals surface area (Å²) in [5.41, 5.74) is 2.43. The Labute approximate surface area is 401 Å². The Morgan fingerprint density at radius 1 is 0.957 bits per heavy atom. The van der Waals surface area contributed by atoms with Crippen LogP contribution in [0.1, 0.15) is 100 Å². The van der Waals surface area contributed by atoms with E-state index in [1.165, 1.54) is 4.90 Å². The fourth-order valence-corrected chi connectivity index (χ4v) is 11.1. The first-order valence-corrected chi connectivity index (χ1v) is 24.1. The summed E-state index contributed by atoms with van der Waals surface area (Å²) in [7, 11) is 0. The number of β-amino-alcohol motifs (C(OH)–C–C–N with tert-alkyl or cyclic N) is 1. The number of urea groups is 1. The summed E-state index contributed by atoms with van der Waals surface area (Å²) < 4.78 is 28.9. The lowest BCUT2D eigenvalue weighted by molar-refractivity contribution is -0.142. The van der Waals surface area contributed by atoms with E-state index in [4.69, 9.17) is 16.4 Å². The number of aliphatic hydroxyl groups excluding tert-OH is 1. The third kappa shape index (κ3) is 9.76. The number of rotatable bonds is 9. The molecule has 16 nitrogen and oxygen atoms in total. The first-order chi connectivity index (χ1) is 33.1. The SMILES string of the molecule is C#Cc1cc(F)c(CNC(=O)[C@@H]2C[C@@H](O)CN2C(=O)[C@@H](NC(=O)N2CCC(N3CCC(c4cnc(N5CCC6Nc7nnc(-c8ccccc8O)cc7C6[C@H]5C)nc4)CC3)CC2)C(C)(C)C)cc1F. The molecule has 5 aliphatic rings. The van der Waals surface area contributed by atoms with Gasteiger partial charge in [0.05, 0.1) is 17.4 Å². The number of aliphatic hydroxyl groups is 1. The van der Waals surface area contributed by atoms with Crippen molar-refractivity contribution < 1.29 is 33.4 Å². The highest BCUT2D eigenvalue weighted by atomic mass is 19.1. The van der Waals surface area contributed by atoms with Gasteiger partial charge in [-0.1, -0.05) is 38.8 Å². The van der Waals surface area contributed by atoms with Gasteiger partial charge in [-0.15, -0.1) is 16.6 Å². The molecule has 2 unspecified atom stereocenters. The number of anilines is 2. The van der Waals surface area contributed by atoms with Crippen molar-refractivity contribution in [2.24, 2.45) is 5.41 Å². The van der Waals surface area contributed by atoms with E-state index < -0.39 is 47.1 Å². The molecule has 0 aliphatic carbocycles. The minimum Gasteiger partial charge on any atom is -0.507 e. The molecule has 0 bridgehead atoms. The van der Waals surface area contributed by atoms with Gasteiger partial charge < -0.3 is 45.8 Å². The van der Waals surface area contributed by atoms with Gasteiger partial charge in [-0.25, -0.2) is 23.5 Å². The summed E-state index contributed by atoms with van der Waals surface area (Å²) in [5, 5.41) is 39.1. The van der Waals surface area contributed by atoms with Gasteiger partial charge >= 0.3 is 6.03 Å². The number of aromatic hydroxyl groups is 1. The number of terminal acetylenes is 1. The number of para-hydroxylation sites is 1. The van der Waals surface area contributed by atoms with Crippen LogP contribution in [0.4, 0.5) is 25.3 Å². The molecule has 7 heterocycles. The number of amides is 4. The Bertz CT molecular complexity index is 2610. The van der Waals surface area contributed by atoms with Crippen LogP contribution in [-0.2, 0) is 16.1 Å². The van der Waals surface area contributed by atoms with Crippen molar-refractivity contribution in [3.8, 4) is 29.4 Å². The van der Waals surface area contributed by atoms with Crippen LogP contribution in [0, 0.1) is 29.4 Å². The predicted octanol–water partition coefficient (Wildman–Crippen LogP) is 5.12. The number of hydrogen-bond acceptors (Lipinski definition) is 12. The van der Waals surface area contributed by atoms with E-state index in [0.29, 0.717) is 42.3 Å². The zero-order valence-electron chi connectivity index (χ0n) is 39.5. The molecule has 0 saturated carbocycles. The van der Waals surface area contributed by atoms with Crippen molar-refractivity contribution in [2.75, 3.05) is 49.5 Å². The first kappa shape index (κ1) is 47.6. The van der Waals surface area contributed by atoms with Crippen molar-refractivity contribution in [1.29, 1.82) is 0 Å². The Hall–Kier alpha value is -6.45. The third-order valence-corrected chi connectivity index (χ3v) is 15.0. The summed E-state index contributed by atoms with van der Waals surface area (Å²) >= 11 is 0. The normalized spacial score (nSPS) is 23.7. The van der Waals surface area contributed by atoms with Crippen LogP contribution in [0.3, 0.4) is 0 Å². The van der Waals surface area contributed by atoms with Gasteiger partial charge in [0, 0.05) is 92.3 Å². The average Bonchev–Trinajstić information content (AvgIpc) is 3.93. The molecule has 0 spiro atoms.